The Kier molecular flexibility index (Phi) is 3.16. The van der Waals surface area contributed by atoms with Crippen LogP contribution in [0.3, 0.4) is 0 Å². The van der Waals surface area contributed by atoms with Crippen molar-refractivity contribution in [3.63, 3.8) is 0 Å². The molecular formula is C11H17N3O. The average Bonchev–Trinajstić information content (AvgIpc) is 2.61. The lowest BCUT2D eigenvalue weighted by Gasteiger charge is -2.17. The molecule has 1 aliphatic rings. The van der Waals surface area contributed by atoms with E-state index in [1.165, 1.54) is 6.42 Å². The minimum atomic E-state index is 0.442. The number of rotatable bonds is 2. The molecule has 0 amide bonds. The minimum absolute atomic E-state index is 0.442. The molecule has 0 saturated carbocycles. The van der Waals surface area contributed by atoms with Crippen molar-refractivity contribution in [3.05, 3.63) is 18.2 Å². The second kappa shape index (κ2) is 4.57. The molecule has 4 nitrogen and oxygen atoms in total. The van der Waals surface area contributed by atoms with Crippen LogP contribution in [0.1, 0.15) is 35.8 Å². The molecule has 1 aliphatic heterocycles. The fraction of sp³-hybridized carbons (Fsp3) is 0.636. The topological polar surface area (TPSA) is 38.1 Å². The lowest BCUT2D eigenvalue weighted by Crippen LogP contribution is -2.19. The first-order valence-electron chi connectivity index (χ1n) is 5.47. The maximum atomic E-state index is 10.8. The summed E-state index contributed by atoms with van der Waals surface area (Å²) >= 11 is 0. The number of carbonyl (C=O) groups excluding carboxylic acids is 1. The lowest BCUT2D eigenvalue weighted by molar-refractivity contribution is 0.111. The maximum absolute atomic E-state index is 10.8. The van der Waals surface area contributed by atoms with E-state index in [0.717, 1.165) is 32.2 Å². The van der Waals surface area contributed by atoms with Gasteiger partial charge in [0.05, 0.1) is 12.5 Å². The first-order valence-corrected chi connectivity index (χ1v) is 5.47. The van der Waals surface area contributed by atoms with Gasteiger partial charge >= 0.3 is 0 Å². The van der Waals surface area contributed by atoms with Gasteiger partial charge in [0.25, 0.3) is 0 Å². The van der Waals surface area contributed by atoms with Gasteiger partial charge in [0, 0.05) is 6.04 Å². The van der Waals surface area contributed by atoms with Gasteiger partial charge in [-0.15, -0.1) is 0 Å². The van der Waals surface area contributed by atoms with Crippen molar-refractivity contribution < 1.29 is 4.79 Å². The van der Waals surface area contributed by atoms with Crippen LogP contribution in [0.15, 0.2) is 12.5 Å². The first-order chi connectivity index (χ1) is 7.31. The Balaban J connectivity index is 2.12. The molecule has 1 unspecified atom stereocenters. The van der Waals surface area contributed by atoms with E-state index in [1.807, 2.05) is 4.57 Å². The van der Waals surface area contributed by atoms with Gasteiger partial charge in [-0.2, -0.15) is 0 Å². The van der Waals surface area contributed by atoms with E-state index < -0.39 is 0 Å². The molecule has 0 spiro atoms. The molecule has 1 atom stereocenters. The van der Waals surface area contributed by atoms with Gasteiger partial charge < -0.3 is 9.47 Å². The van der Waals surface area contributed by atoms with E-state index in [2.05, 4.69) is 16.9 Å². The summed E-state index contributed by atoms with van der Waals surface area (Å²) in [6.07, 6.45) is 7.75. The third kappa shape index (κ3) is 2.26. The largest absolute Gasteiger partial charge is 0.325 e. The summed E-state index contributed by atoms with van der Waals surface area (Å²) in [5.74, 6) is 0. The number of likely N-dealkylation sites (tertiary alicyclic amines) is 1. The van der Waals surface area contributed by atoms with E-state index in [0.29, 0.717) is 11.7 Å². The van der Waals surface area contributed by atoms with Crippen LogP contribution in [0.5, 0.6) is 0 Å². The molecule has 0 aliphatic carbocycles. The van der Waals surface area contributed by atoms with Crippen molar-refractivity contribution in [1.82, 2.24) is 14.5 Å². The van der Waals surface area contributed by atoms with Crippen molar-refractivity contribution in [1.29, 1.82) is 0 Å². The molecule has 4 heteroatoms. The second-order valence-corrected chi connectivity index (χ2v) is 4.23. The number of nitrogens with zero attached hydrogens (tertiary/aromatic N) is 3. The number of aromatic nitrogens is 2. The number of aldehydes is 1. The average molecular weight is 207 g/mol. The van der Waals surface area contributed by atoms with Gasteiger partial charge in [0.1, 0.15) is 5.69 Å². The molecule has 1 aromatic rings. The Bertz CT molecular complexity index is 334. The highest BCUT2D eigenvalue weighted by Crippen LogP contribution is 2.22. The van der Waals surface area contributed by atoms with Crippen molar-refractivity contribution >= 4 is 6.29 Å². The summed E-state index contributed by atoms with van der Waals surface area (Å²) < 4.78 is 2.02. The Morgan fingerprint density at radius 2 is 2.33 bits per heavy atom. The Morgan fingerprint density at radius 1 is 1.47 bits per heavy atom. The van der Waals surface area contributed by atoms with Crippen LogP contribution in [0.4, 0.5) is 0 Å². The van der Waals surface area contributed by atoms with Crippen molar-refractivity contribution in [3.8, 4) is 0 Å². The lowest BCUT2D eigenvalue weighted by atomic mass is 10.1. The van der Waals surface area contributed by atoms with E-state index >= 15 is 0 Å². The highest BCUT2D eigenvalue weighted by atomic mass is 16.1. The highest BCUT2D eigenvalue weighted by molar-refractivity contribution is 5.71. The van der Waals surface area contributed by atoms with E-state index in [1.54, 1.807) is 12.5 Å². The van der Waals surface area contributed by atoms with Gasteiger partial charge in [-0.1, -0.05) is 0 Å². The standard InChI is InChI=1S/C11H17N3O/c1-13-5-2-3-10(4-6-13)14-9-12-7-11(14)8-15/h7-10H,2-6H2,1H3. The number of imidazole rings is 1. The van der Waals surface area contributed by atoms with Gasteiger partial charge in [-0.05, 0) is 39.4 Å². The van der Waals surface area contributed by atoms with Crippen molar-refractivity contribution in [2.45, 2.75) is 25.3 Å². The van der Waals surface area contributed by atoms with Crippen LogP contribution in [0.25, 0.3) is 0 Å². The predicted molar refractivity (Wildman–Crippen MR) is 58.0 cm³/mol. The number of carbonyl (C=O) groups is 1. The second-order valence-electron chi connectivity index (χ2n) is 4.23. The summed E-state index contributed by atoms with van der Waals surface area (Å²) in [4.78, 5) is 17.2. The van der Waals surface area contributed by atoms with Crippen LogP contribution in [-0.4, -0.2) is 40.9 Å². The quantitative estimate of drug-likeness (QED) is 0.687. The molecule has 82 valence electrons. The van der Waals surface area contributed by atoms with E-state index in [4.69, 9.17) is 0 Å². The first kappa shape index (κ1) is 10.4. The fourth-order valence-corrected chi connectivity index (χ4v) is 2.21. The van der Waals surface area contributed by atoms with E-state index in [-0.39, 0.29) is 0 Å². The SMILES string of the molecule is CN1CCCC(n2cncc2C=O)CC1. The number of hydrogen-bond donors (Lipinski definition) is 0. The van der Waals surface area contributed by atoms with Gasteiger partial charge in [-0.25, -0.2) is 4.98 Å². The summed E-state index contributed by atoms with van der Waals surface area (Å²) in [5.41, 5.74) is 0.699. The smallest absolute Gasteiger partial charge is 0.168 e. The van der Waals surface area contributed by atoms with Crippen LogP contribution in [0, 0.1) is 0 Å². The zero-order chi connectivity index (χ0) is 10.7. The van der Waals surface area contributed by atoms with Crippen LogP contribution in [-0.2, 0) is 0 Å². The molecule has 1 saturated heterocycles. The van der Waals surface area contributed by atoms with Gasteiger partial charge in [0.15, 0.2) is 6.29 Å². The van der Waals surface area contributed by atoms with Crippen LogP contribution in [0.2, 0.25) is 0 Å². The van der Waals surface area contributed by atoms with Gasteiger partial charge in [0.2, 0.25) is 0 Å². The Morgan fingerprint density at radius 3 is 3.13 bits per heavy atom. The molecule has 1 fully saturated rings. The third-order valence-corrected chi connectivity index (χ3v) is 3.13. The third-order valence-electron chi connectivity index (χ3n) is 3.13. The molecule has 2 heterocycles. The fourth-order valence-electron chi connectivity index (χ4n) is 2.21. The van der Waals surface area contributed by atoms with Gasteiger partial charge in [-0.3, -0.25) is 4.79 Å². The zero-order valence-electron chi connectivity index (χ0n) is 9.09. The summed E-state index contributed by atoms with van der Waals surface area (Å²) in [6.45, 7) is 2.25. The molecule has 0 N–H and O–H groups in total. The normalized spacial score (nSPS) is 23.7. The molecule has 2 rings (SSSR count). The zero-order valence-corrected chi connectivity index (χ0v) is 9.09. The molecule has 0 radical (unpaired) electrons. The molecule has 15 heavy (non-hydrogen) atoms. The van der Waals surface area contributed by atoms with Crippen LogP contribution < -0.4 is 0 Å². The molecule has 0 bridgehead atoms. The summed E-state index contributed by atoms with van der Waals surface area (Å²) in [6, 6.07) is 0.442. The molecular weight excluding hydrogens is 190 g/mol. The van der Waals surface area contributed by atoms with E-state index in [9.17, 15) is 4.79 Å². The predicted octanol–water partition coefficient (Wildman–Crippen LogP) is 1.35. The Hall–Kier alpha value is -1.16. The maximum Gasteiger partial charge on any atom is 0.168 e. The highest BCUT2D eigenvalue weighted by Gasteiger charge is 2.17. The summed E-state index contributed by atoms with van der Waals surface area (Å²) in [7, 11) is 2.15. The number of hydrogen-bond acceptors (Lipinski definition) is 3. The van der Waals surface area contributed by atoms with Crippen molar-refractivity contribution in [2.24, 2.45) is 0 Å². The van der Waals surface area contributed by atoms with Crippen molar-refractivity contribution in [2.75, 3.05) is 20.1 Å². The molecule has 1 aromatic heterocycles. The minimum Gasteiger partial charge on any atom is -0.325 e. The Labute approximate surface area is 89.9 Å². The summed E-state index contributed by atoms with van der Waals surface area (Å²) in [5, 5.41) is 0. The molecule has 0 aromatic carbocycles. The monoisotopic (exact) mass is 207 g/mol. The van der Waals surface area contributed by atoms with Crippen LogP contribution >= 0.6 is 0 Å².